The van der Waals surface area contributed by atoms with Crippen molar-refractivity contribution in [3.05, 3.63) is 18.1 Å². The minimum atomic E-state index is -0.0524. The number of hydrogen-bond donors (Lipinski definition) is 1. The summed E-state index contributed by atoms with van der Waals surface area (Å²) in [7, 11) is 1.81. The third kappa shape index (κ3) is 5.24. The van der Waals surface area contributed by atoms with Gasteiger partial charge in [-0.2, -0.15) is 0 Å². The van der Waals surface area contributed by atoms with Gasteiger partial charge in [0.2, 0.25) is 0 Å². The van der Waals surface area contributed by atoms with Crippen molar-refractivity contribution in [2.75, 3.05) is 25.5 Å². The first-order valence-corrected chi connectivity index (χ1v) is 6.86. The molecule has 0 aromatic carbocycles. The van der Waals surface area contributed by atoms with Crippen LogP contribution in [0.3, 0.4) is 0 Å². The lowest BCUT2D eigenvalue weighted by Crippen LogP contribution is -2.28. The molecule has 0 fully saturated rings. The van der Waals surface area contributed by atoms with Crippen LogP contribution in [0.25, 0.3) is 0 Å². The highest BCUT2D eigenvalue weighted by molar-refractivity contribution is 5.92. The monoisotopic (exact) mass is 264 g/mol. The molecule has 5 heteroatoms. The van der Waals surface area contributed by atoms with Crippen molar-refractivity contribution in [1.82, 2.24) is 14.9 Å². The standard InChI is InChI=1S/C14H24N4O/c1-5-6-7-18(4)14(19)12-8-13(17-10-16-12)15-9-11(2)3/h8,10-11H,5-7,9H2,1-4H3,(H,15,16,17). The Kier molecular flexibility index (Phi) is 6.25. The zero-order chi connectivity index (χ0) is 14.3. The van der Waals surface area contributed by atoms with E-state index in [9.17, 15) is 4.79 Å². The molecule has 1 amide bonds. The molecular weight excluding hydrogens is 240 g/mol. The van der Waals surface area contributed by atoms with Gasteiger partial charge in [-0.3, -0.25) is 4.79 Å². The van der Waals surface area contributed by atoms with E-state index in [2.05, 4.69) is 36.1 Å². The van der Waals surface area contributed by atoms with E-state index in [0.717, 1.165) is 25.9 Å². The van der Waals surface area contributed by atoms with Crippen LogP contribution in [0.2, 0.25) is 0 Å². The number of rotatable bonds is 7. The first-order chi connectivity index (χ1) is 9.04. The van der Waals surface area contributed by atoms with E-state index in [4.69, 9.17) is 0 Å². The molecule has 0 aliphatic rings. The Bertz CT molecular complexity index is 406. The van der Waals surface area contributed by atoms with E-state index in [-0.39, 0.29) is 5.91 Å². The zero-order valence-corrected chi connectivity index (χ0v) is 12.3. The molecule has 0 atom stereocenters. The molecule has 0 saturated carbocycles. The molecule has 0 saturated heterocycles. The summed E-state index contributed by atoms with van der Waals surface area (Å²) < 4.78 is 0. The van der Waals surface area contributed by atoms with Crippen molar-refractivity contribution >= 4 is 11.7 Å². The lowest BCUT2D eigenvalue weighted by Gasteiger charge is -2.16. The molecule has 0 unspecified atom stereocenters. The molecule has 0 aliphatic heterocycles. The molecule has 1 heterocycles. The summed E-state index contributed by atoms with van der Waals surface area (Å²) >= 11 is 0. The van der Waals surface area contributed by atoms with Gasteiger partial charge in [0.05, 0.1) is 0 Å². The summed E-state index contributed by atoms with van der Waals surface area (Å²) in [4.78, 5) is 22.0. The molecule has 0 radical (unpaired) electrons. The fourth-order valence-electron chi connectivity index (χ4n) is 1.57. The van der Waals surface area contributed by atoms with Crippen LogP contribution in [-0.2, 0) is 0 Å². The fraction of sp³-hybridized carbons (Fsp3) is 0.643. The minimum absolute atomic E-state index is 0.0524. The van der Waals surface area contributed by atoms with E-state index < -0.39 is 0 Å². The van der Waals surface area contributed by atoms with Crippen LogP contribution in [0.4, 0.5) is 5.82 Å². The number of anilines is 1. The zero-order valence-electron chi connectivity index (χ0n) is 12.3. The maximum absolute atomic E-state index is 12.1. The Morgan fingerprint density at radius 1 is 1.42 bits per heavy atom. The molecule has 106 valence electrons. The van der Waals surface area contributed by atoms with Gasteiger partial charge in [0, 0.05) is 26.2 Å². The van der Waals surface area contributed by atoms with E-state index in [0.29, 0.717) is 17.4 Å². The number of aromatic nitrogens is 2. The topological polar surface area (TPSA) is 58.1 Å². The van der Waals surface area contributed by atoms with Crippen LogP contribution >= 0.6 is 0 Å². The van der Waals surface area contributed by atoms with Crippen LogP contribution in [0.5, 0.6) is 0 Å². The Hall–Kier alpha value is -1.65. The number of carbonyl (C=O) groups is 1. The third-order valence-electron chi connectivity index (χ3n) is 2.77. The number of hydrogen-bond acceptors (Lipinski definition) is 4. The Morgan fingerprint density at radius 3 is 2.79 bits per heavy atom. The van der Waals surface area contributed by atoms with Crippen molar-refractivity contribution in [2.24, 2.45) is 5.92 Å². The van der Waals surface area contributed by atoms with Crippen LogP contribution in [0.15, 0.2) is 12.4 Å². The molecule has 1 N–H and O–H groups in total. The number of nitrogens with zero attached hydrogens (tertiary/aromatic N) is 3. The van der Waals surface area contributed by atoms with Gasteiger partial charge in [0.15, 0.2) is 0 Å². The quantitative estimate of drug-likeness (QED) is 0.821. The van der Waals surface area contributed by atoms with Gasteiger partial charge in [-0.25, -0.2) is 9.97 Å². The Balaban J connectivity index is 2.67. The average Bonchev–Trinajstić information content (AvgIpc) is 2.42. The average molecular weight is 264 g/mol. The first-order valence-electron chi connectivity index (χ1n) is 6.86. The highest BCUT2D eigenvalue weighted by Gasteiger charge is 2.13. The maximum atomic E-state index is 12.1. The molecular formula is C14H24N4O. The van der Waals surface area contributed by atoms with Crippen molar-refractivity contribution in [2.45, 2.75) is 33.6 Å². The summed E-state index contributed by atoms with van der Waals surface area (Å²) in [5.74, 6) is 1.18. The molecule has 1 rings (SSSR count). The number of nitrogens with one attached hydrogen (secondary N) is 1. The van der Waals surface area contributed by atoms with Crippen molar-refractivity contribution < 1.29 is 4.79 Å². The third-order valence-corrected chi connectivity index (χ3v) is 2.77. The van der Waals surface area contributed by atoms with Gasteiger partial charge < -0.3 is 10.2 Å². The molecule has 19 heavy (non-hydrogen) atoms. The Labute approximate surface area is 115 Å². The van der Waals surface area contributed by atoms with Crippen LogP contribution in [0, 0.1) is 5.92 Å². The summed E-state index contributed by atoms with van der Waals surface area (Å²) in [6.45, 7) is 7.94. The van der Waals surface area contributed by atoms with Crippen molar-refractivity contribution in [3.63, 3.8) is 0 Å². The van der Waals surface area contributed by atoms with Gasteiger partial charge in [0.1, 0.15) is 17.8 Å². The smallest absolute Gasteiger partial charge is 0.272 e. The van der Waals surface area contributed by atoms with Crippen LogP contribution in [0.1, 0.15) is 44.1 Å². The summed E-state index contributed by atoms with van der Waals surface area (Å²) in [5, 5.41) is 3.20. The second-order valence-electron chi connectivity index (χ2n) is 5.14. The second-order valence-corrected chi connectivity index (χ2v) is 5.14. The Morgan fingerprint density at radius 2 is 2.16 bits per heavy atom. The van der Waals surface area contributed by atoms with Gasteiger partial charge in [-0.15, -0.1) is 0 Å². The number of amides is 1. The molecule has 1 aromatic heterocycles. The molecule has 0 aliphatic carbocycles. The lowest BCUT2D eigenvalue weighted by atomic mass is 10.2. The minimum Gasteiger partial charge on any atom is -0.370 e. The molecule has 0 spiro atoms. The van der Waals surface area contributed by atoms with Crippen LogP contribution in [-0.4, -0.2) is 40.9 Å². The highest BCUT2D eigenvalue weighted by Crippen LogP contribution is 2.08. The molecule has 5 nitrogen and oxygen atoms in total. The predicted octanol–water partition coefficient (Wildman–Crippen LogP) is 2.42. The normalized spacial score (nSPS) is 10.6. The predicted molar refractivity (Wildman–Crippen MR) is 77.2 cm³/mol. The summed E-state index contributed by atoms with van der Waals surface area (Å²) in [6, 6.07) is 1.72. The summed E-state index contributed by atoms with van der Waals surface area (Å²) in [6.07, 6.45) is 3.51. The van der Waals surface area contributed by atoms with E-state index in [1.165, 1.54) is 6.33 Å². The van der Waals surface area contributed by atoms with Crippen LogP contribution < -0.4 is 5.32 Å². The molecule has 0 bridgehead atoms. The second kappa shape index (κ2) is 7.71. The van der Waals surface area contributed by atoms with E-state index in [1.807, 2.05) is 0 Å². The number of unbranched alkanes of at least 4 members (excludes halogenated alkanes) is 1. The van der Waals surface area contributed by atoms with Gasteiger partial charge in [-0.05, 0) is 12.3 Å². The van der Waals surface area contributed by atoms with Gasteiger partial charge in [-0.1, -0.05) is 27.2 Å². The first kappa shape index (κ1) is 15.4. The SMILES string of the molecule is CCCCN(C)C(=O)c1cc(NCC(C)C)ncn1. The number of carbonyl (C=O) groups excluding carboxylic acids is 1. The highest BCUT2D eigenvalue weighted by atomic mass is 16.2. The summed E-state index contributed by atoms with van der Waals surface area (Å²) in [5.41, 5.74) is 0.444. The van der Waals surface area contributed by atoms with Crippen molar-refractivity contribution in [3.8, 4) is 0 Å². The fourth-order valence-corrected chi connectivity index (χ4v) is 1.57. The van der Waals surface area contributed by atoms with Gasteiger partial charge in [0.25, 0.3) is 5.91 Å². The maximum Gasteiger partial charge on any atom is 0.272 e. The molecule has 1 aromatic rings. The van der Waals surface area contributed by atoms with Gasteiger partial charge >= 0.3 is 0 Å². The van der Waals surface area contributed by atoms with E-state index in [1.54, 1.807) is 18.0 Å². The van der Waals surface area contributed by atoms with Crippen molar-refractivity contribution in [1.29, 1.82) is 0 Å². The lowest BCUT2D eigenvalue weighted by molar-refractivity contribution is 0.0787. The largest absolute Gasteiger partial charge is 0.370 e. The van der Waals surface area contributed by atoms with E-state index >= 15 is 0 Å².